The number of nitro groups is 1. The van der Waals surface area contributed by atoms with Crippen LogP contribution >= 0.6 is 22.9 Å². The number of nitrogens with zero attached hydrogens (tertiary/aromatic N) is 4. The van der Waals surface area contributed by atoms with Crippen LogP contribution in [0.25, 0.3) is 27.5 Å². The first-order valence-electron chi connectivity index (χ1n) is 9.81. The molecule has 5 rings (SSSR count). The third kappa shape index (κ3) is 3.45. The van der Waals surface area contributed by atoms with Crippen molar-refractivity contribution in [2.24, 2.45) is 0 Å². The average molecular weight is 466 g/mol. The summed E-state index contributed by atoms with van der Waals surface area (Å²) in [6, 6.07) is 14.2. The molecule has 1 aliphatic carbocycles. The Morgan fingerprint density at radius 2 is 2.00 bits per heavy atom. The number of carbonyl (C=O) groups excluding carboxylic acids is 1. The summed E-state index contributed by atoms with van der Waals surface area (Å²) >= 11 is 7.85. The van der Waals surface area contributed by atoms with Crippen LogP contribution in [0.15, 0.2) is 48.5 Å². The maximum Gasteiger partial charge on any atom is 0.271 e. The highest BCUT2D eigenvalue weighted by Gasteiger charge is 2.30. The molecule has 0 saturated heterocycles. The molecule has 0 unspecified atom stereocenters. The summed E-state index contributed by atoms with van der Waals surface area (Å²) in [5.41, 5.74) is 5.02. The molecule has 32 heavy (non-hydrogen) atoms. The normalized spacial score (nSPS) is 12.2. The van der Waals surface area contributed by atoms with Gasteiger partial charge in [0.2, 0.25) is 5.91 Å². The number of rotatable bonds is 4. The summed E-state index contributed by atoms with van der Waals surface area (Å²) in [5, 5.41) is 19.6. The highest BCUT2D eigenvalue weighted by atomic mass is 35.5. The van der Waals surface area contributed by atoms with Crippen LogP contribution in [0.5, 0.6) is 0 Å². The molecule has 0 bridgehead atoms. The molecule has 1 aliphatic rings. The number of fused-ring (bicyclic) bond motifs is 3. The highest BCUT2D eigenvalue weighted by molar-refractivity contribution is 7.19. The molecule has 4 aromatic rings. The van der Waals surface area contributed by atoms with Crippen molar-refractivity contribution < 1.29 is 9.72 Å². The van der Waals surface area contributed by atoms with Gasteiger partial charge in [-0.1, -0.05) is 53.3 Å². The number of nitrogens with one attached hydrogen (secondary N) is 1. The Bertz CT molecular complexity index is 1380. The molecular formula is C22H16ClN5O3S. The van der Waals surface area contributed by atoms with E-state index in [1.807, 2.05) is 30.3 Å². The number of aryl methyl sites for hydroxylation is 1. The Labute approximate surface area is 191 Å². The van der Waals surface area contributed by atoms with Crippen LogP contribution in [-0.2, 0) is 17.6 Å². The number of nitro benzene ring substituents is 1. The molecule has 0 saturated carbocycles. The van der Waals surface area contributed by atoms with Crippen molar-refractivity contribution in [1.29, 1.82) is 0 Å². The van der Waals surface area contributed by atoms with E-state index in [1.54, 1.807) is 10.7 Å². The number of anilines is 1. The third-order valence-corrected chi connectivity index (χ3v) is 6.53. The van der Waals surface area contributed by atoms with Crippen LogP contribution in [-0.4, -0.2) is 25.6 Å². The summed E-state index contributed by atoms with van der Waals surface area (Å²) < 4.78 is 1.73. The van der Waals surface area contributed by atoms with Crippen molar-refractivity contribution >= 4 is 39.7 Å². The molecule has 10 heteroatoms. The first-order valence-corrected chi connectivity index (χ1v) is 11.0. The van der Waals surface area contributed by atoms with Crippen LogP contribution in [0.3, 0.4) is 0 Å². The molecule has 160 valence electrons. The second-order valence-electron chi connectivity index (χ2n) is 7.32. The smallest absolute Gasteiger partial charge is 0.271 e. The lowest BCUT2D eigenvalue weighted by atomic mass is 9.95. The standard InChI is InChI=1S/C22H16ClN5O3S/c1-12(29)24-22-25-17-9-8-15-19(13-5-3-2-4-6-13)26-27(20(15)21(17)32-22)18-10-7-14(28(30)31)11-16(18)23/h2-7,10-11H,8-9H2,1H3,(H,24,25,29). The Hall–Kier alpha value is -3.56. The number of halogens is 1. The highest BCUT2D eigenvalue weighted by Crippen LogP contribution is 2.44. The Kier molecular flexibility index (Phi) is 4.99. The van der Waals surface area contributed by atoms with Gasteiger partial charge in [0.25, 0.3) is 5.69 Å². The molecule has 0 radical (unpaired) electrons. The molecule has 2 aromatic heterocycles. The van der Waals surface area contributed by atoms with E-state index in [4.69, 9.17) is 16.7 Å². The van der Waals surface area contributed by atoms with Crippen molar-refractivity contribution in [3.63, 3.8) is 0 Å². The first kappa shape index (κ1) is 20.3. The number of amides is 1. The van der Waals surface area contributed by atoms with Crippen LogP contribution in [0.2, 0.25) is 5.02 Å². The van der Waals surface area contributed by atoms with Gasteiger partial charge in [0, 0.05) is 30.2 Å². The molecule has 0 aliphatic heterocycles. The summed E-state index contributed by atoms with van der Waals surface area (Å²) in [5.74, 6) is -0.187. The predicted octanol–water partition coefficient (Wildman–Crippen LogP) is 5.28. The quantitative estimate of drug-likeness (QED) is 0.326. The maximum absolute atomic E-state index is 11.5. The SMILES string of the molecule is CC(=O)Nc1nc2c(s1)-c1c(c(-c3ccccc3)nn1-c1ccc([N+](=O)[O-])cc1Cl)CC2. The molecule has 8 nitrogen and oxygen atoms in total. The van der Waals surface area contributed by atoms with E-state index < -0.39 is 4.92 Å². The van der Waals surface area contributed by atoms with E-state index in [0.717, 1.165) is 45.9 Å². The lowest BCUT2D eigenvalue weighted by molar-refractivity contribution is -0.384. The third-order valence-electron chi connectivity index (χ3n) is 5.21. The lowest BCUT2D eigenvalue weighted by Crippen LogP contribution is -2.07. The van der Waals surface area contributed by atoms with Crippen molar-refractivity contribution in [3.05, 3.63) is 74.9 Å². The van der Waals surface area contributed by atoms with Gasteiger partial charge in [-0.3, -0.25) is 14.9 Å². The fraction of sp³-hybridized carbons (Fsp3) is 0.136. The van der Waals surface area contributed by atoms with Crippen molar-refractivity contribution in [2.75, 3.05) is 5.32 Å². The maximum atomic E-state index is 11.5. The number of thiazole rings is 1. The van der Waals surface area contributed by atoms with Crippen LogP contribution in [0, 0.1) is 10.1 Å². The van der Waals surface area contributed by atoms with Gasteiger partial charge in [0.1, 0.15) is 0 Å². The summed E-state index contributed by atoms with van der Waals surface area (Å²) in [4.78, 5) is 27.7. The van der Waals surface area contributed by atoms with Crippen LogP contribution < -0.4 is 5.32 Å². The molecule has 2 aromatic carbocycles. The first-order chi connectivity index (χ1) is 15.4. The van der Waals surface area contributed by atoms with E-state index in [-0.39, 0.29) is 16.6 Å². The number of hydrogen-bond donors (Lipinski definition) is 1. The monoisotopic (exact) mass is 465 g/mol. The molecule has 1 N–H and O–H groups in total. The molecule has 0 atom stereocenters. The Balaban J connectivity index is 1.75. The van der Waals surface area contributed by atoms with Crippen molar-refractivity contribution in [1.82, 2.24) is 14.8 Å². The zero-order chi connectivity index (χ0) is 22.4. The predicted molar refractivity (Wildman–Crippen MR) is 123 cm³/mol. The van der Waals surface area contributed by atoms with Crippen LogP contribution in [0.4, 0.5) is 10.8 Å². The van der Waals surface area contributed by atoms with E-state index in [9.17, 15) is 14.9 Å². The zero-order valence-electron chi connectivity index (χ0n) is 16.8. The average Bonchev–Trinajstić information content (AvgIpc) is 3.34. The van der Waals surface area contributed by atoms with Gasteiger partial charge < -0.3 is 5.32 Å². The van der Waals surface area contributed by atoms with Gasteiger partial charge in [-0.25, -0.2) is 9.67 Å². The molecule has 2 heterocycles. The summed E-state index contributed by atoms with van der Waals surface area (Å²) in [6.07, 6.45) is 1.44. The minimum Gasteiger partial charge on any atom is -0.302 e. The topological polar surface area (TPSA) is 103 Å². The number of carbonyl (C=O) groups is 1. The number of benzene rings is 2. The summed E-state index contributed by atoms with van der Waals surface area (Å²) in [6.45, 7) is 1.44. The fourth-order valence-corrected chi connectivity index (χ4v) is 5.23. The molecule has 1 amide bonds. The van der Waals surface area contributed by atoms with E-state index >= 15 is 0 Å². The Morgan fingerprint density at radius 3 is 2.69 bits per heavy atom. The van der Waals surface area contributed by atoms with Gasteiger partial charge in [-0.2, -0.15) is 5.10 Å². The second-order valence-corrected chi connectivity index (χ2v) is 8.73. The van der Waals surface area contributed by atoms with Gasteiger partial charge in [-0.05, 0) is 18.9 Å². The van der Waals surface area contributed by atoms with Crippen molar-refractivity contribution in [3.8, 4) is 27.5 Å². The second kappa shape index (κ2) is 7.85. The van der Waals surface area contributed by atoms with E-state index in [2.05, 4.69) is 10.3 Å². The van der Waals surface area contributed by atoms with Gasteiger partial charge in [0.05, 0.1) is 37.6 Å². The fourth-order valence-electron chi connectivity index (χ4n) is 3.86. The summed E-state index contributed by atoms with van der Waals surface area (Å²) in [7, 11) is 0. The molecular weight excluding hydrogens is 450 g/mol. The molecule has 0 spiro atoms. The van der Waals surface area contributed by atoms with Gasteiger partial charge in [0.15, 0.2) is 5.13 Å². The number of hydrogen-bond acceptors (Lipinski definition) is 6. The van der Waals surface area contributed by atoms with Crippen LogP contribution in [0.1, 0.15) is 18.2 Å². The number of non-ortho nitro benzene ring substituents is 1. The zero-order valence-corrected chi connectivity index (χ0v) is 18.4. The number of aromatic nitrogens is 3. The van der Waals surface area contributed by atoms with Gasteiger partial charge >= 0.3 is 0 Å². The van der Waals surface area contributed by atoms with E-state index in [1.165, 1.54) is 30.4 Å². The van der Waals surface area contributed by atoms with Gasteiger partial charge in [-0.15, -0.1) is 0 Å². The minimum absolute atomic E-state index is 0.0884. The molecule has 0 fully saturated rings. The Morgan fingerprint density at radius 1 is 1.22 bits per heavy atom. The van der Waals surface area contributed by atoms with Crippen molar-refractivity contribution in [2.45, 2.75) is 19.8 Å². The van der Waals surface area contributed by atoms with E-state index in [0.29, 0.717) is 10.8 Å². The lowest BCUT2D eigenvalue weighted by Gasteiger charge is -2.14. The largest absolute Gasteiger partial charge is 0.302 e. The minimum atomic E-state index is -0.482.